The van der Waals surface area contributed by atoms with E-state index in [1.165, 1.54) is 12.8 Å². The molecule has 2 saturated heterocycles. The monoisotopic (exact) mass is 282 g/mol. The van der Waals surface area contributed by atoms with Crippen LogP contribution in [-0.4, -0.2) is 52.6 Å². The fraction of sp³-hybridized carbons (Fsp3) is 0.867. The molecule has 1 N–H and O–H groups in total. The first-order chi connectivity index (χ1) is 9.63. The number of carboxylic acids is 1. The van der Waals surface area contributed by atoms with Gasteiger partial charge in [-0.3, -0.25) is 4.79 Å². The summed E-state index contributed by atoms with van der Waals surface area (Å²) in [6, 6.07) is 0.389. The number of amides is 2. The summed E-state index contributed by atoms with van der Waals surface area (Å²) in [5.74, 6) is -1.16. The van der Waals surface area contributed by atoms with Crippen molar-refractivity contribution in [1.29, 1.82) is 0 Å². The number of piperidine rings is 1. The van der Waals surface area contributed by atoms with E-state index in [2.05, 4.69) is 6.92 Å². The van der Waals surface area contributed by atoms with Gasteiger partial charge in [0, 0.05) is 25.7 Å². The first-order valence-corrected chi connectivity index (χ1v) is 7.91. The van der Waals surface area contributed by atoms with Crippen molar-refractivity contribution in [2.45, 2.75) is 57.9 Å². The predicted molar refractivity (Wildman–Crippen MR) is 76.6 cm³/mol. The first-order valence-electron chi connectivity index (χ1n) is 7.91. The summed E-state index contributed by atoms with van der Waals surface area (Å²) in [6.45, 7) is 4.04. The number of likely N-dealkylation sites (tertiary alicyclic amines) is 2. The quantitative estimate of drug-likeness (QED) is 0.846. The molecule has 20 heavy (non-hydrogen) atoms. The Morgan fingerprint density at radius 3 is 2.60 bits per heavy atom. The van der Waals surface area contributed by atoms with E-state index in [0.717, 1.165) is 32.2 Å². The summed E-state index contributed by atoms with van der Waals surface area (Å²) in [4.78, 5) is 27.6. The summed E-state index contributed by atoms with van der Waals surface area (Å²) in [7, 11) is 0. The van der Waals surface area contributed by atoms with Gasteiger partial charge in [-0.25, -0.2) is 4.79 Å². The first kappa shape index (κ1) is 15.1. The minimum Gasteiger partial charge on any atom is -0.481 e. The normalized spacial score (nSPS) is 28.1. The number of rotatable bonds is 2. The van der Waals surface area contributed by atoms with Crippen molar-refractivity contribution < 1.29 is 14.7 Å². The largest absolute Gasteiger partial charge is 0.481 e. The molecular formula is C15H26N2O3. The van der Waals surface area contributed by atoms with E-state index in [1.807, 2.05) is 4.90 Å². The highest BCUT2D eigenvalue weighted by Gasteiger charge is 2.33. The number of hydrogen-bond acceptors (Lipinski definition) is 2. The lowest BCUT2D eigenvalue weighted by Gasteiger charge is -2.38. The number of nitrogens with zero attached hydrogens (tertiary/aromatic N) is 2. The van der Waals surface area contributed by atoms with E-state index in [-0.39, 0.29) is 11.9 Å². The maximum absolute atomic E-state index is 12.7. The van der Waals surface area contributed by atoms with Crippen LogP contribution < -0.4 is 0 Å². The summed E-state index contributed by atoms with van der Waals surface area (Å²) >= 11 is 0. The van der Waals surface area contributed by atoms with E-state index in [0.29, 0.717) is 25.6 Å². The van der Waals surface area contributed by atoms with Crippen LogP contribution >= 0.6 is 0 Å². The Morgan fingerprint density at radius 1 is 1.10 bits per heavy atom. The molecule has 0 saturated carbocycles. The zero-order valence-electron chi connectivity index (χ0n) is 12.4. The van der Waals surface area contributed by atoms with Gasteiger partial charge in [0.1, 0.15) is 0 Å². The molecule has 5 nitrogen and oxygen atoms in total. The summed E-state index contributed by atoms with van der Waals surface area (Å²) in [6.07, 6.45) is 7.01. The molecule has 2 aliphatic rings. The minimum absolute atomic E-state index is 0.0599. The van der Waals surface area contributed by atoms with Crippen molar-refractivity contribution in [3.63, 3.8) is 0 Å². The second-order valence-electron chi connectivity index (χ2n) is 6.01. The Kier molecular flexibility index (Phi) is 5.26. The van der Waals surface area contributed by atoms with E-state index in [4.69, 9.17) is 5.11 Å². The number of hydrogen-bond donors (Lipinski definition) is 1. The van der Waals surface area contributed by atoms with Crippen molar-refractivity contribution in [3.8, 4) is 0 Å². The minimum atomic E-state index is -0.773. The standard InChI is InChI=1S/C15H26N2O3/c1-2-13-8-4-3-5-10-17(13)15(20)16-9-6-7-12(11-16)14(18)19/h12-13H,2-11H2,1H3,(H,18,19)/t12-,13?/m1/s1. The second kappa shape index (κ2) is 6.95. The van der Waals surface area contributed by atoms with E-state index in [9.17, 15) is 9.59 Å². The van der Waals surface area contributed by atoms with Gasteiger partial charge < -0.3 is 14.9 Å². The number of urea groups is 1. The van der Waals surface area contributed by atoms with Gasteiger partial charge in [-0.15, -0.1) is 0 Å². The molecule has 2 fully saturated rings. The third kappa shape index (κ3) is 3.44. The van der Waals surface area contributed by atoms with Gasteiger partial charge in [0.25, 0.3) is 0 Å². The molecule has 2 amide bonds. The molecule has 0 radical (unpaired) electrons. The molecule has 0 aromatic rings. The number of carboxylic acid groups (broad SMARTS) is 1. The molecule has 0 aromatic carbocycles. The molecule has 2 heterocycles. The van der Waals surface area contributed by atoms with Crippen molar-refractivity contribution in [1.82, 2.24) is 9.80 Å². The van der Waals surface area contributed by atoms with Gasteiger partial charge in [-0.1, -0.05) is 19.8 Å². The fourth-order valence-corrected chi connectivity index (χ4v) is 3.39. The van der Waals surface area contributed by atoms with Crippen molar-refractivity contribution in [2.24, 2.45) is 5.92 Å². The van der Waals surface area contributed by atoms with Gasteiger partial charge in [0.2, 0.25) is 0 Å². The van der Waals surface area contributed by atoms with Crippen LogP contribution in [-0.2, 0) is 4.79 Å². The Hall–Kier alpha value is -1.26. The summed E-state index contributed by atoms with van der Waals surface area (Å²) in [5, 5.41) is 9.14. The van der Waals surface area contributed by atoms with E-state index < -0.39 is 5.97 Å². The van der Waals surface area contributed by atoms with Crippen LogP contribution in [0.5, 0.6) is 0 Å². The van der Waals surface area contributed by atoms with Gasteiger partial charge in [0.05, 0.1) is 5.92 Å². The van der Waals surface area contributed by atoms with Crippen molar-refractivity contribution >= 4 is 12.0 Å². The van der Waals surface area contributed by atoms with Crippen LogP contribution in [0.25, 0.3) is 0 Å². The lowest BCUT2D eigenvalue weighted by atomic mass is 9.98. The SMILES string of the molecule is CCC1CCCCCN1C(=O)N1CCC[C@@H](C(=O)O)C1. The molecule has 114 valence electrons. The van der Waals surface area contributed by atoms with Crippen LogP contribution in [0.4, 0.5) is 4.79 Å². The highest BCUT2D eigenvalue weighted by atomic mass is 16.4. The summed E-state index contributed by atoms with van der Waals surface area (Å²) in [5.41, 5.74) is 0. The van der Waals surface area contributed by atoms with Gasteiger partial charge in [0.15, 0.2) is 0 Å². The van der Waals surface area contributed by atoms with Gasteiger partial charge >= 0.3 is 12.0 Å². The Morgan fingerprint density at radius 2 is 1.90 bits per heavy atom. The van der Waals surface area contributed by atoms with Crippen LogP contribution in [0.15, 0.2) is 0 Å². The van der Waals surface area contributed by atoms with Gasteiger partial charge in [-0.05, 0) is 32.1 Å². The molecule has 2 atom stereocenters. The van der Waals surface area contributed by atoms with Crippen LogP contribution in [0.3, 0.4) is 0 Å². The van der Waals surface area contributed by atoms with Crippen LogP contribution in [0.1, 0.15) is 51.9 Å². The molecule has 0 aliphatic carbocycles. The van der Waals surface area contributed by atoms with Crippen molar-refractivity contribution in [3.05, 3.63) is 0 Å². The number of carbonyl (C=O) groups excluding carboxylic acids is 1. The van der Waals surface area contributed by atoms with Crippen LogP contribution in [0, 0.1) is 5.92 Å². The molecule has 5 heteroatoms. The topological polar surface area (TPSA) is 60.9 Å². The third-order valence-corrected chi connectivity index (χ3v) is 4.64. The molecular weight excluding hydrogens is 256 g/mol. The Balaban J connectivity index is 2.02. The van der Waals surface area contributed by atoms with Crippen molar-refractivity contribution in [2.75, 3.05) is 19.6 Å². The lowest BCUT2D eigenvalue weighted by molar-refractivity contribution is -0.143. The highest BCUT2D eigenvalue weighted by molar-refractivity contribution is 5.77. The number of aliphatic carboxylic acids is 1. The molecule has 0 bridgehead atoms. The summed E-state index contributed by atoms with van der Waals surface area (Å²) < 4.78 is 0. The second-order valence-corrected chi connectivity index (χ2v) is 6.01. The zero-order valence-corrected chi connectivity index (χ0v) is 12.4. The average molecular weight is 282 g/mol. The Labute approximate surface area is 120 Å². The van der Waals surface area contributed by atoms with E-state index in [1.54, 1.807) is 4.90 Å². The third-order valence-electron chi connectivity index (χ3n) is 4.64. The molecule has 0 spiro atoms. The molecule has 1 unspecified atom stereocenters. The fourth-order valence-electron chi connectivity index (χ4n) is 3.39. The van der Waals surface area contributed by atoms with Gasteiger partial charge in [-0.2, -0.15) is 0 Å². The molecule has 0 aromatic heterocycles. The molecule has 2 rings (SSSR count). The maximum Gasteiger partial charge on any atom is 0.320 e. The zero-order chi connectivity index (χ0) is 14.5. The average Bonchev–Trinajstić information content (AvgIpc) is 2.71. The predicted octanol–water partition coefficient (Wildman–Crippen LogP) is 2.56. The maximum atomic E-state index is 12.7. The Bertz CT molecular complexity index is 359. The lowest BCUT2D eigenvalue weighted by Crippen LogP contribution is -2.51. The van der Waals surface area contributed by atoms with E-state index >= 15 is 0 Å². The highest BCUT2D eigenvalue weighted by Crippen LogP contribution is 2.23. The smallest absolute Gasteiger partial charge is 0.320 e. The molecule has 2 aliphatic heterocycles. The number of carbonyl (C=O) groups is 2. The van der Waals surface area contributed by atoms with Crippen LogP contribution in [0.2, 0.25) is 0 Å².